The van der Waals surface area contributed by atoms with Gasteiger partial charge in [0, 0.05) is 19.0 Å². The highest BCUT2D eigenvalue weighted by atomic mass is 16.2. The molecule has 3 rings (SSSR count). The molecule has 1 saturated heterocycles. The van der Waals surface area contributed by atoms with Crippen molar-refractivity contribution < 1.29 is 14.4 Å². The highest BCUT2D eigenvalue weighted by Crippen LogP contribution is 2.17. The zero-order valence-corrected chi connectivity index (χ0v) is 14.1. The van der Waals surface area contributed by atoms with Crippen molar-refractivity contribution in [3.8, 4) is 0 Å². The van der Waals surface area contributed by atoms with E-state index in [0.29, 0.717) is 13.0 Å². The third-order valence-corrected chi connectivity index (χ3v) is 4.40. The largest absolute Gasteiger partial charge is 0.357 e. The quantitative estimate of drug-likeness (QED) is 0.792. The average Bonchev–Trinajstić information content (AvgIpc) is 3.27. The maximum Gasteiger partial charge on any atom is 0.242 e. The minimum absolute atomic E-state index is 0.0413. The molecular weight excluding hydrogens is 322 g/mol. The van der Waals surface area contributed by atoms with E-state index in [9.17, 15) is 14.4 Å². The number of carbonyl (C=O) groups is 3. The van der Waals surface area contributed by atoms with Crippen molar-refractivity contribution in [2.24, 2.45) is 0 Å². The van der Waals surface area contributed by atoms with E-state index in [4.69, 9.17) is 0 Å². The van der Waals surface area contributed by atoms with Crippen molar-refractivity contribution in [3.63, 3.8) is 0 Å². The first-order chi connectivity index (χ1) is 12.1. The van der Waals surface area contributed by atoms with Crippen LogP contribution in [-0.2, 0) is 20.9 Å². The molecule has 0 spiro atoms. The minimum Gasteiger partial charge on any atom is -0.357 e. The van der Waals surface area contributed by atoms with Gasteiger partial charge in [0.05, 0.1) is 18.3 Å². The number of rotatable bonds is 5. The molecule has 1 atom stereocenters. The normalized spacial score (nSPS) is 16.8. The Kier molecular flexibility index (Phi) is 4.97. The SMILES string of the molecule is CNC(=O)C1CCCN1C(=O)CNC(=O)Cn1ncc2ccccc21. The van der Waals surface area contributed by atoms with E-state index in [1.165, 1.54) is 4.90 Å². The van der Waals surface area contributed by atoms with Gasteiger partial charge < -0.3 is 15.5 Å². The maximum atomic E-state index is 12.3. The Balaban J connectivity index is 1.55. The molecule has 1 aliphatic rings. The Morgan fingerprint density at radius 2 is 2.08 bits per heavy atom. The number of carbonyl (C=O) groups excluding carboxylic acids is 3. The predicted octanol–water partition coefficient (Wildman–Crippen LogP) is -0.110. The fourth-order valence-corrected chi connectivity index (χ4v) is 3.12. The summed E-state index contributed by atoms with van der Waals surface area (Å²) >= 11 is 0. The maximum absolute atomic E-state index is 12.3. The fourth-order valence-electron chi connectivity index (χ4n) is 3.12. The van der Waals surface area contributed by atoms with Gasteiger partial charge in [-0.2, -0.15) is 5.10 Å². The number of hydrogen-bond acceptors (Lipinski definition) is 4. The van der Waals surface area contributed by atoms with Gasteiger partial charge in [0.15, 0.2) is 0 Å². The summed E-state index contributed by atoms with van der Waals surface area (Å²) in [6.45, 7) is 0.460. The number of fused-ring (bicyclic) bond motifs is 1. The summed E-state index contributed by atoms with van der Waals surface area (Å²) in [5.41, 5.74) is 0.864. The number of amides is 3. The summed E-state index contributed by atoms with van der Waals surface area (Å²) in [6.07, 6.45) is 3.14. The Morgan fingerprint density at radius 1 is 1.28 bits per heavy atom. The Labute approximate surface area is 145 Å². The van der Waals surface area contributed by atoms with Crippen LogP contribution in [0.5, 0.6) is 0 Å². The topological polar surface area (TPSA) is 96.3 Å². The molecular formula is C17H21N5O3. The summed E-state index contributed by atoms with van der Waals surface area (Å²) in [5.74, 6) is -0.706. The Morgan fingerprint density at radius 3 is 2.88 bits per heavy atom. The first kappa shape index (κ1) is 16.9. The van der Waals surface area contributed by atoms with E-state index in [1.807, 2.05) is 24.3 Å². The number of para-hydroxylation sites is 1. The van der Waals surface area contributed by atoms with Gasteiger partial charge in [-0.3, -0.25) is 19.1 Å². The summed E-state index contributed by atoms with van der Waals surface area (Å²) in [5, 5.41) is 10.3. The van der Waals surface area contributed by atoms with Crippen LogP contribution in [0.15, 0.2) is 30.5 Å². The highest BCUT2D eigenvalue weighted by molar-refractivity contribution is 5.90. The number of likely N-dealkylation sites (N-methyl/N-ethyl adjacent to an activating group) is 1. The number of benzene rings is 1. The van der Waals surface area contributed by atoms with Crippen LogP contribution in [0.25, 0.3) is 10.9 Å². The van der Waals surface area contributed by atoms with Crippen LogP contribution in [-0.4, -0.2) is 58.6 Å². The van der Waals surface area contributed by atoms with Gasteiger partial charge in [-0.05, 0) is 18.9 Å². The molecule has 0 saturated carbocycles. The third kappa shape index (κ3) is 3.62. The van der Waals surface area contributed by atoms with Crippen LogP contribution in [0.2, 0.25) is 0 Å². The molecule has 2 heterocycles. The third-order valence-electron chi connectivity index (χ3n) is 4.40. The van der Waals surface area contributed by atoms with Crippen molar-refractivity contribution in [1.29, 1.82) is 0 Å². The molecule has 1 unspecified atom stereocenters. The Hall–Kier alpha value is -2.90. The molecule has 0 bridgehead atoms. The van der Waals surface area contributed by atoms with Crippen LogP contribution >= 0.6 is 0 Å². The van der Waals surface area contributed by atoms with Crippen molar-refractivity contribution in [2.45, 2.75) is 25.4 Å². The van der Waals surface area contributed by atoms with Gasteiger partial charge in [0.25, 0.3) is 0 Å². The molecule has 8 nitrogen and oxygen atoms in total. The standard InChI is InChI=1S/C17H21N5O3/c1-18-17(25)14-7-4-8-21(14)16(24)10-19-15(23)11-22-13-6-3-2-5-12(13)9-20-22/h2-3,5-6,9,14H,4,7-8,10-11H2,1H3,(H,18,25)(H,19,23). The van der Waals surface area contributed by atoms with Crippen molar-refractivity contribution in [2.75, 3.05) is 20.1 Å². The molecule has 0 radical (unpaired) electrons. The molecule has 8 heteroatoms. The van der Waals surface area contributed by atoms with Crippen molar-refractivity contribution in [1.82, 2.24) is 25.3 Å². The van der Waals surface area contributed by atoms with Crippen LogP contribution in [0.1, 0.15) is 12.8 Å². The fraction of sp³-hybridized carbons (Fsp3) is 0.412. The summed E-state index contributed by atoms with van der Waals surface area (Å²) in [7, 11) is 1.56. The lowest BCUT2D eigenvalue weighted by atomic mass is 10.2. The summed E-state index contributed by atoms with van der Waals surface area (Å²) in [6, 6.07) is 7.16. The molecule has 3 amide bonds. The van der Waals surface area contributed by atoms with Crippen LogP contribution in [0.4, 0.5) is 0 Å². The summed E-state index contributed by atoms with van der Waals surface area (Å²) in [4.78, 5) is 37.8. The van der Waals surface area contributed by atoms with Crippen LogP contribution in [0.3, 0.4) is 0 Å². The van der Waals surface area contributed by atoms with Crippen LogP contribution in [0, 0.1) is 0 Å². The second-order valence-electron chi connectivity index (χ2n) is 6.00. The molecule has 25 heavy (non-hydrogen) atoms. The molecule has 1 aromatic heterocycles. The Bertz CT molecular complexity index is 800. The molecule has 2 aromatic rings. The zero-order chi connectivity index (χ0) is 17.8. The molecule has 0 aliphatic carbocycles. The molecule has 1 aliphatic heterocycles. The first-order valence-corrected chi connectivity index (χ1v) is 8.28. The summed E-state index contributed by atoms with van der Waals surface area (Å²) < 4.78 is 1.60. The second kappa shape index (κ2) is 7.33. The van der Waals surface area contributed by atoms with Gasteiger partial charge in [-0.25, -0.2) is 0 Å². The first-order valence-electron chi connectivity index (χ1n) is 8.28. The van der Waals surface area contributed by atoms with Gasteiger partial charge in [-0.15, -0.1) is 0 Å². The lowest BCUT2D eigenvalue weighted by molar-refractivity contribution is -0.138. The number of nitrogens with zero attached hydrogens (tertiary/aromatic N) is 3. The minimum atomic E-state index is -0.440. The van der Waals surface area contributed by atoms with Crippen molar-refractivity contribution >= 4 is 28.6 Å². The number of likely N-dealkylation sites (tertiary alicyclic amines) is 1. The van der Waals surface area contributed by atoms with E-state index in [1.54, 1.807) is 17.9 Å². The van der Waals surface area contributed by atoms with E-state index in [2.05, 4.69) is 15.7 Å². The predicted molar refractivity (Wildman–Crippen MR) is 91.5 cm³/mol. The number of aromatic nitrogens is 2. The highest BCUT2D eigenvalue weighted by Gasteiger charge is 2.33. The smallest absolute Gasteiger partial charge is 0.242 e. The average molecular weight is 343 g/mol. The van der Waals surface area contributed by atoms with Gasteiger partial charge in [0.1, 0.15) is 12.6 Å². The monoisotopic (exact) mass is 343 g/mol. The van der Waals surface area contributed by atoms with Gasteiger partial charge in [0.2, 0.25) is 17.7 Å². The molecule has 2 N–H and O–H groups in total. The number of hydrogen-bond donors (Lipinski definition) is 2. The molecule has 1 fully saturated rings. The van der Waals surface area contributed by atoms with Gasteiger partial charge >= 0.3 is 0 Å². The van der Waals surface area contributed by atoms with E-state index in [0.717, 1.165) is 17.3 Å². The molecule has 132 valence electrons. The lowest BCUT2D eigenvalue weighted by Crippen LogP contribution is -2.48. The van der Waals surface area contributed by atoms with E-state index >= 15 is 0 Å². The molecule has 1 aromatic carbocycles. The second-order valence-corrected chi connectivity index (χ2v) is 6.00. The van der Waals surface area contributed by atoms with E-state index < -0.39 is 6.04 Å². The van der Waals surface area contributed by atoms with E-state index in [-0.39, 0.29) is 30.8 Å². The van der Waals surface area contributed by atoms with Crippen molar-refractivity contribution in [3.05, 3.63) is 30.5 Å². The van der Waals surface area contributed by atoms with Gasteiger partial charge in [-0.1, -0.05) is 18.2 Å². The zero-order valence-electron chi connectivity index (χ0n) is 14.1. The van der Waals surface area contributed by atoms with Crippen LogP contribution < -0.4 is 10.6 Å². The lowest BCUT2D eigenvalue weighted by Gasteiger charge is -2.23. The number of nitrogens with one attached hydrogen (secondary N) is 2.